The molecule has 100 valence electrons. The second kappa shape index (κ2) is 4.74. The molecular weight excluding hydrogens is 245 g/mol. The topological polar surface area (TPSA) is 35.0 Å². The minimum absolute atomic E-state index is 0.0211. The molecule has 1 heterocycles. The van der Waals surface area contributed by atoms with Gasteiger partial charge in [0.1, 0.15) is 5.82 Å². The second-order valence-corrected chi connectivity index (χ2v) is 4.78. The van der Waals surface area contributed by atoms with Crippen LogP contribution in [0.4, 0.5) is 13.2 Å². The van der Waals surface area contributed by atoms with Crippen LogP contribution >= 0.6 is 0 Å². The average molecular weight is 260 g/mol. The monoisotopic (exact) mass is 260 g/mol. The zero-order valence-electron chi connectivity index (χ0n) is 10.3. The molecule has 0 bridgehead atoms. The van der Waals surface area contributed by atoms with E-state index >= 15 is 0 Å². The molecule has 0 aromatic carbocycles. The van der Waals surface area contributed by atoms with E-state index in [0.29, 0.717) is 18.3 Å². The van der Waals surface area contributed by atoms with E-state index in [4.69, 9.17) is 4.74 Å². The number of rotatable bonds is 3. The van der Waals surface area contributed by atoms with Gasteiger partial charge in [-0.3, -0.25) is 0 Å². The Hall–Kier alpha value is -1.33. The van der Waals surface area contributed by atoms with Gasteiger partial charge in [-0.2, -0.15) is 18.2 Å². The molecule has 0 amide bonds. The van der Waals surface area contributed by atoms with Gasteiger partial charge < -0.3 is 4.74 Å². The third-order valence-corrected chi connectivity index (χ3v) is 3.11. The van der Waals surface area contributed by atoms with Crippen LogP contribution in [-0.4, -0.2) is 22.8 Å². The van der Waals surface area contributed by atoms with Gasteiger partial charge in [0.05, 0.1) is 12.5 Å². The van der Waals surface area contributed by atoms with Crippen molar-refractivity contribution in [1.29, 1.82) is 0 Å². The smallest absolute Gasteiger partial charge is 0.391 e. The third kappa shape index (κ3) is 3.11. The first-order chi connectivity index (χ1) is 8.34. The molecule has 0 radical (unpaired) electrons. The lowest BCUT2D eigenvalue weighted by atomic mass is 9.75. The maximum Gasteiger partial charge on any atom is 0.391 e. The van der Waals surface area contributed by atoms with E-state index in [2.05, 4.69) is 9.97 Å². The Morgan fingerprint density at radius 1 is 1.28 bits per heavy atom. The largest absolute Gasteiger partial charge is 0.477 e. The summed E-state index contributed by atoms with van der Waals surface area (Å²) >= 11 is 0. The van der Waals surface area contributed by atoms with Gasteiger partial charge in [-0.1, -0.05) is 0 Å². The molecule has 1 aromatic heterocycles. The van der Waals surface area contributed by atoms with Crippen molar-refractivity contribution in [1.82, 2.24) is 9.97 Å². The van der Waals surface area contributed by atoms with E-state index in [-0.39, 0.29) is 18.8 Å². The maximum atomic E-state index is 12.3. The molecule has 0 spiro atoms. The summed E-state index contributed by atoms with van der Waals surface area (Å²) < 4.78 is 42.3. The highest BCUT2D eigenvalue weighted by Gasteiger charge is 2.47. The second-order valence-electron chi connectivity index (χ2n) is 4.78. The molecule has 2 rings (SSSR count). The molecule has 18 heavy (non-hydrogen) atoms. The molecule has 0 unspecified atom stereocenters. The van der Waals surface area contributed by atoms with Crippen LogP contribution in [0, 0.1) is 25.7 Å². The summed E-state index contributed by atoms with van der Waals surface area (Å²) in [7, 11) is 0. The predicted molar refractivity (Wildman–Crippen MR) is 59.3 cm³/mol. The fraction of sp³-hybridized carbons (Fsp3) is 0.667. The van der Waals surface area contributed by atoms with Gasteiger partial charge >= 0.3 is 6.18 Å². The van der Waals surface area contributed by atoms with Gasteiger partial charge in [-0.25, -0.2) is 4.98 Å². The minimum Gasteiger partial charge on any atom is -0.477 e. The summed E-state index contributed by atoms with van der Waals surface area (Å²) in [6, 6.07) is 1.69. The van der Waals surface area contributed by atoms with Crippen molar-refractivity contribution >= 4 is 0 Å². The van der Waals surface area contributed by atoms with Gasteiger partial charge in [0.15, 0.2) is 0 Å². The summed E-state index contributed by atoms with van der Waals surface area (Å²) in [6.45, 7) is 3.87. The first kappa shape index (κ1) is 13.1. The molecule has 3 nitrogen and oxygen atoms in total. The quantitative estimate of drug-likeness (QED) is 0.837. The molecule has 1 aliphatic carbocycles. The van der Waals surface area contributed by atoms with Gasteiger partial charge in [0, 0.05) is 11.8 Å². The van der Waals surface area contributed by atoms with Crippen molar-refractivity contribution in [2.75, 3.05) is 6.61 Å². The summed E-state index contributed by atoms with van der Waals surface area (Å²) in [4.78, 5) is 8.18. The highest BCUT2D eigenvalue weighted by molar-refractivity contribution is 5.14. The van der Waals surface area contributed by atoms with Crippen molar-refractivity contribution in [2.24, 2.45) is 11.8 Å². The van der Waals surface area contributed by atoms with Gasteiger partial charge in [0.2, 0.25) is 5.88 Å². The van der Waals surface area contributed by atoms with E-state index in [1.54, 1.807) is 13.0 Å². The highest BCUT2D eigenvalue weighted by atomic mass is 19.4. The van der Waals surface area contributed by atoms with E-state index < -0.39 is 12.1 Å². The molecule has 1 aromatic rings. The fourth-order valence-corrected chi connectivity index (χ4v) is 2.10. The van der Waals surface area contributed by atoms with Crippen LogP contribution in [-0.2, 0) is 0 Å². The Labute approximate surface area is 103 Å². The van der Waals surface area contributed by atoms with Crippen molar-refractivity contribution in [3.63, 3.8) is 0 Å². The van der Waals surface area contributed by atoms with Crippen molar-refractivity contribution in [3.05, 3.63) is 17.6 Å². The average Bonchev–Trinajstić information content (AvgIpc) is 2.10. The molecule has 0 N–H and O–H groups in total. The number of aryl methyl sites for hydroxylation is 2. The van der Waals surface area contributed by atoms with E-state index in [1.807, 2.05) is 6.92 Å². The maximum absolute atomic E-state index is 12.3. The van der Waals surface area contributed by atoms with Crippen LogP contribution in [0.15, 0.2) is 6.07 Å². The Bertz CT molecular complexity index is 408. The minimum atomic E-state index is -4.06. The van der Waals surface area contributed by atoms with Crippen LogP contribution < -0.4 is 4.74 Å². The number of halogens is 3. The summed E-state index contributed by atoms with van der Waals surface area (Å²) in [5.74, 6) is -0.130. The Kier molecular flexibility index (Phi) is 3.45. The van der Waals surface area contributed by atoms with Crippen LogP contribution in [0.5, 0.6) is 5.88 Å². The summed E-state index contributed by atoms with van der Waals surface area (Å²) in [5, 5.41) is 0. The van der Waals surface area contributed by atoms with Gasteiger partial charge in [0.25, 0.3) is 0 Å². The molecule has 0 aliphatic heterocycles. The number of alkyl halides is 3. The van der Waals surface area contributed by atoms with E-state index in [0.717, 1.165) is 5.69 Å². The Balaban J connectivity index is 1.80. The molecule has 0 saturated heterocycles. The predicted octanol–water partition coefficient (Wildman–Crippen LogP) is 3.06. The van der Waals surface area contributed by atoms with Crippen molar-refractivity contribution in [2.45, 2.75) is 32.9 Å². The third-order valence-electron chi connectivity index (χ3n) is 3.11. The zero-order chi connectivity index (χ0) is 13.3. The normalized spacial score (nSPS) is 23.6. The van der Waals surface area contributed by atoms with Crippen molar-refractivity contribution < 1.29 is 17.9 Å². The fourth-order valence-electron chi connectivity index (χ4n) is 2.10. The van der Waals surface area contributed by atoms with E-state index in [1.165, 1.54) is 0 Å². The van der Waals surface area contributed by atoms with Crippen LogP contribution in [0.1, 0.15) is 24.4 Å². The summed E-state index contributed by atoms with van der Waals surface area (Å²) in [6.07, 6.45) is -3.74. The number of hydrogen-bond acceptors (Lipinski definition) is 3. The van der Waals surface area contributed by atoms with Crippen molar-refractivity contribution in [3.8, 4) is 5.88 Å². The SMILES string of the molecule is Cc1cc(OCC2CC(C(F)(F)F)C2)nc(C)n1. The summed E-state index contributed by atoms with van der Waals surface area (Å²) in [5.41, 5.74) is 0.791. The zero-order valence-corrected chi connectivity index (χ0v) is 10.3. The number of nitrogens with zero attached hydrogens (tertiary/aromatic N) is 2. The first-order valence-corrected chi connectivity index (χ1v) is 5.86. The molecular formula is C12H15F3N2O. The highest BCUT2D eigenvalue weighted by Crippen LogP contribution is 2.44. The lowest BCUT2D eigenvalue weighted by Gasteiger charge is -2.36. The van der Waals surface area contributed by atoms with Gasteiger partial charge in [-0.15, -0.1) is 0 Å². The first-order valence-electron chi connectivity index (χ1n) is 5.86. The van der Waals surface area contributed by atoms with Crippen LogP contribution in [0.3, 0.4) is 0 Å². The molecule has 0 atom stereocenters. The Morgan fingerprint density at radius 3 is 2.50 bits per heavy atom. The molecule has 1 fully saturated rings. The number of hydrogen-bond donors (Lipinski definition) is 0. The number of ether oxygens (including phenoxy) is 1. The van der Waals surface area contributed by atoms with Crippen LogP contribution in [0.2, 0.25) is 0 Å². The standard InChI is InChI=1S/C12H15F3N2O/c1-7-3-11(17-8(2)16-7)18-6-9-4-10(5-9)12(13,14)15/h3,9-10H,4-6H2,1-2H3. The molecule has 1 saturated carbocycles. The van der Waals surface area contributed by atoms with Crippen LogP contribution in [0.25, 0.3) is 0 Å². The lowest BCUT2D eigenvalue weighted by Crippen LogP contribution is -2.38. The molecule has 6 heteroatoms. The lowest BCUT2D eigenvalue weighted by molar-refractivity contribution is -0.206. The van der Waals surface area contributed by atoms with E-state index in [9.17, 15) is 13.2 Å². The number of aromatic nitrogens is 2. The molecule has 1 aliphatic rings. The van der Waals surface area contributed by atoms with Gasteiger partial charge in [-0.05, 0) is 32.6 Å². The Morgan fingerprint density at radius 2 is 1.94 bits per heavy atom.